The topological polar surface area (TPSA) is 35.0 Å². The first-order valence-electron chi connectivity index (χ1n) is 18.3. The molecule has 8 aromatic carbocycles. The van der Waals surface area contributed by atoms with Crippen LogP contribution in [0.5, 0.6) is 11.5 Å². The van der Waals surface area contributed by atoms with E-state index in [4.69, 9.17) is 14.7 Å². The molecule has 0 spiro atoms. The standard InChI is InChI=1S/C51H34N2O/c1-3-16-37(17-4-1)46-34-47(43-24-14-18-36-15-7-8-23-42(36)43)53-50(52-46)39-20-13-19-38(33-39)35-29-31-41(32-30-35)51(40-21-5-2-6-22-40)44-25-9-11-27-48(44)54-49-28-12-10-26-45(49)51/h1-34H. The highest BCUT2D eigenvalue weighted by Crippen LogP contribution is 2.55. The lowest BCUT2D eigenvalue weighted by molar-refractivity contribution is 0.434. The van der Waals surface area contributed by atoms with Gasteiger partial charge in [0.2, 0.25) is 0 Å². The summed E-state index contributed by atoms with van der Waals surface area (Å²) in [4.78, 5) is 10.4. The van der Waals surface area contributed by atoms with Crippen LogP contribution in [0.25, 0.3) is 55.8 Å². The molecule has 3 nitrogen and oxygen atoms in total. The van der Waals surface area contributed by atoms with Crippen molar-refractivity contribution in [2.45, 2.75) is 5.41 Å². The number of ether oxygens (including phenoxy) is 1. The molecule has 0 radical (unpaired) electrons. The van der Waals surface area contributed by atoms with Crippen molar-refractivity contribution in [1.82, 2.24) is 9.97 Å². The Hall–Kier alpha value is -7.10. The van der Waals surface area contributed by atoms with Crippen LogP contribution in [0.3, 0.4) is 0 Å². The van der Waals surface area contributed by atoms with Crippen molar-refractivity contribution in [3.63, 3.8) is 0 Å². The van der Waals surface area contributed by atoms with E-state index in [2.05, 4.69) is 188 Å². The van der Waals surface area contributed by atoms with E-state index in [1.807, 2.05) is 18.2 Å². The molecule has 0 fully saturated rings. The second kappa shape index (κ2) is 13.1. The van der Waals surface area contributed by atoms with Gasteiger partial charge in [0.05, 0.1) is 16.8 Å². The van der Waals surface area contributed by atoms with Gasteiger partial charge in [-0.3, -0.25) is 0 Å². The largest absolute Gasteiger partial charge is 0.457 e. The molecule has 1 aromatic heterocycles. The third-order valence-corrected chi connectivity index (χ3v) is 10.6. The number of fused-ring (bicyclic) bond motifs is 3. The lowest BCUT2D eigenvalue weighted by Gasteiger charge is -2.41. The Kier molecular flexibility index (Phi) is 7.70. The van der Waals surface area contributed by atoms with Crippen LogP contribution >= 0.6 is 0 Å². The molecule has 9 aromatic rings. The summed E-state index contributed by atoms with van der Waals surface area (Å²) < 4.78 is 6.51. The summed E-state index contributed by atoms with van der Waals surface area (Å²) in [5.41, 5.74) is 11.2. The van der Waals surface area contributed by atoms with E-state index in [9.17, 15) is 0 Å². The summed E-state index contributed by atoms with van der Waals surface area (Å²) >= 11 is 0. The molecule has 1 aliphatic rings. The Morgan fingerprint density at radius 2 is 0.926 bits per heavy atom. The minimum Gasteiger partial charge on any atom is -0.457 e. The second-order valence-electron chi connectivity index (χ2n) is 13.7. The first kappa shape index (κ1) is 31.6. The van der Waals surface area contributed by atoms with Gasteiger partial charge in [-0.1, -0.05) is 182 Å². The number of hydrogen-bond donors (Lipinski definition) is 0. The van der Waals surface area contributed by atoms with Crippen molar-refractivity contribution >= 4 is 10.8 Å². The predicted octanol–water partition coefficient (Wildman–Crippen LogP) is 12.8. The minimum absolute atomic E-state index is 0.559. The zero-order chi connectivity index (χ0) is 35.9. The molecule has 1 aliphatic heterocycles. The fourth-order valence-electron chi connectivity index (χ4n) is 8.14. The van der Waals surface area contributed by atoms with Gasteiger partial charge < -0.3 is 4.74 Å². The van der Waals surface area contributed by atoms with Gasteiger partial charge in [-0.05, 0) is 57.3 Å². The summed E-state index contributed by atoms with van der Waals surface area (Å²) in [5.74, 6) is 2.44. The molecule has 54 heavy (non-hydrogen) atoms. The molecule has 0 amide bonds. The number of hydrogen-bond acceptors (Lipinski definition) is 3. The Morgan fingerprint density at radius 3 is 1.69 bits per heavy atom. The molecule has 3 heteroatoms. The van der Waals surface area contributed by atoms with Crippen LogP contribution in [0.4, 0.5) is 0 Å². The first-order valence-corrected chi connectivity index (χ1v) is 18.3. The average Bonchev–Trinajstić information content (AvgIpc) is 3.26. The van der Waals surface area contributed by atoms with Crippen LogP contribution in [-0.4, -0.2) is 9.97 Å². The predicted molar refractivity (Wildman–Crippen MR) is 220 cm³/mol. The lowest BCUT2D eigenvalue weighted by atomic mass is 9.63. The van der Waals surface area contributed by atoms with Crippen molar-refractivity contribution in [2.24, 2.45) is 0 Å². The van der Waals surface area contributed by atoms with E-state index in [1.54, 1.807) is 0 Å². The summed E-state index contributed by atoms with van der Waals surface area (Å²) in [5, 5.41) is 2.35. The van der Waals surface area contributed by atoms with E-state index in [0.717, 1.165) is 61.8 Å². The van der Waals surface area contributed by atoms with Crippen LogP contribution < -0.4 is 4.74 Å². The van der Waals surface area contributed by atoms with Crippen LogP contribution in [-0.2, 0) is 5.41 Å². The molecule has 0 N–H and O–H groups in total. The number of aromatic nitrogens is 2. The van der Waals surface area contributed by atoms with Crippen molar-refractivity contribution in [3.8, 4) is 56.5 Å². The van der Waals surface area contributed by atoms with Crippen molar-refractivity contribution < 1.29 is 4.74 Å². The highest BCUT2D eigenvalue weighted by atomic mass is 16.5. The third kappa shape index (κ3) is 5.29. The van der Waals surface area contributed by atoms with E-state index in [0.29, 0.717) is 5.82 Å². The third-order valence-electron chi connectivity index (χ3n) is 10.6. The summed E-state index contributed by atoms with van der Waals surface area (Å²) in [7, 11) is 0. The number of nitrogens with zero attached hydrogens (tertiary/aromatic N) is 2. The van der Waals surface area contributed by atoms with Gasteiger partial charge in [-0.15, -0.1) is 0 Å². The van der Waals surface area contributed by atoms with Crippen molar-refractivity contribution in [1.29, 1.82) is 0 Å². The van der Waals surface area contributed by atoms with Crippen molar-refractivity contribution in [2.75, 3.05) is 0 Å². The maximum atomic E-state index is 6.51. The van der Waals surface area contributed by atoms with E-state index >= 15 is 0 Å². The average molecular weight is 691 g/mol. The number of para-hydroxylation sites is 2. The molecule has 0 atom stereocenters. The normalized spacial score (nSPS) is 12.7. The highest BCUT2D eigenvalue weighted by Gasteiger charge is 2.45. The van der Waals surface area contributed by atoms with Gasteiger partial charge >= 0.3 is 0 Å². The Morgan fingerprint density at radius 1 is 0.370 bits per heavy atom. The summed E-state index contributed by atoms with van der Waals surface area (Å²) in [6, 6.07) is 72.6. The maximum absolute atomic E-state index is 6.51. The Balaban J connectivity index is 1.10. The van der Waals surface area contributed by atoms with Crippen molar-refractivity contribution in [3.05, 3.63) is 229 Å². The fraction of sp³-hybridized carbons (Fsp3) is 0.0196. The zero-order valence-electron chi connectivity index (χ0n) is 29.4. The monoisotopic (exact) mass is 690 g/mol. The van der Waals surface area contributed by atoms with Crippen LogP contribution in [0.2, 0.25) is 0 Å². The van der Waals surface area contributed by atoms with Gasteiger partial charge in [0.25, 0.3) is 0 Å². The molecule has 254 valence electrons. The number of benzene rings is 8. The highest BCUT2D eigenvalue weighted by molar-refractivity contribution is 5.96. The van der Waals surface area contributed by atoms with E-state index in [-0.39, 0.29) is 0 Å². The summed E-state index contributed by atoms with van der Waals surface area (Å²) in [6.07, 6.45) is 0. The molecule has 2 heterocycles. The molecule has 0 saturated heterocycles. The van der Waals surface area contributed by atoms with Gasteiger partial charge in [-0.2, -0.15) is 0 Å². The minimum atomic E-state index is -0.559. The Labute approximate surface area is 314 Å². The molecule has 0 unspecified atom stereocenters. The molecular formula is C51H34N2O. The Bertz CT molecular complexity index is 2740. The van der Waals surface area contributed by atoms with Crippen LogP contribution in [0.1, 0.15) is 22.3 Å². The quantitative estimate of drug-likeness (QED) is 0.174. The first-order chi connectivity index (χ1) is 26.8. The molecule has 0 bridgehead atoms. The zero-order valence-corrected chi connectivity index (χ0v) is 29.4. The maximum Gasteiger partial charge on any atom is 0.160 e. The smallest absolute Gasteiger partial charge is 0.160 e. The SMILES string of the molecule is c1ccc(-c2cc(-c3cccc4ccccc34)nc(-c3cccc(-c4ccc(C5(c6ccccc6)c6ccccc6Oc6ccccc65)cc4)c3)n2)cc1. The lowest BCUT2D eigenvalue weighted by Crippen LogP contribution is -2.34. The number of rotatable bonds is 6. The van der Waals surface area contributed by atoms with Gasteiger partial charge in [0, 0.05) is 27.8 Å². The van der Waals surface area contributed by atoms with E-state index in [1.165, 1.54) is 21.9 Å². The van der Waals surface area contributed by atoms with Crippen LogP contribution in [0.15, 0.2) is 206 Å². The van der Waals surface area contributed by atoms with E-state index < -0.39 is 5.41 Å². The summed E-state index contributed by atoms with van der Waals surface area (Å²) in [6.45, 7) is 0. The van der Waals surface area contributed by atoms with Gasteiger partial charge in [0.1, 0.15) is 11.5 Å². The van der Waals surface area contributed by atoms with Gasteiger partial charge in [-0.25, -0.2) is 9.97 Å². The second-order valence-corrected chi connectivity index (χ2v) is 13.7. The fourth-order valence-corrected chi connectivity index (χ4v) is 8.14. The molecule has 10 rings (SSSR count). The molecular weight excluding hydrogens is 657 g/mol. The molecule has 0 saturated carbocycles. The molecule has 0 aliphatic carbocycles. The van der Waals surface area contributed by atoms with Crippen LogP contribution in [0, 0.1) is 0 Å². The van der Waals surface area contributed by atoms with Gasteiger partial charge in [0.15, 0.2) is 5.82 Å².